The molecule has 2 N–H and O–H groups in total. The third-order valence-electron chi connectivity index (χ3n) is 4.41. The number of imidazole rings is 1. The number of carbonyl (C=O) groups excluding carboxylic acids is 3. The van der Waals surface area contributed by atoms with Gasteiger partial charge in [0, 0.05) is 11.7 Å². The molecular formula is C19H22N4O4. The summed E-state index contributed by atoms with van der Waals surface area (Å²) in [6.07, 6.45) is 8.01. The molecule has 1 aromatic heterocycles. The average Bonchev–Trinajstić information content (AvgIpc) is 3.17. The van der Waals surface area contributed by atoms with E-state index in [0.29, 0.717) is 0 Å². The van der Waals surface area contributed by atoms with Crippen LogP contribution in [0, 0.1) is 0 Å². The molecule has 8 heteroatoms. The van der Waals surface area contributed by atoms with Gasteiger partial charge < -0.3 is 10.1 Å². The summed E-state index contributed by atoms with van der Waals surface area (Å²) >= 11 is 0. The third-order valence-corrected chi connectivity index (χ3v) is 4.41. The zero-order valence-electron chi connectivity index (χ0n) is 14.9. The molecule has 0 atom stereocenters. The molecule has 1 fully saturated rings. The molecule has 0 unspecified atom stereocenters. The van der Waals surface area contributed by atoms with Crippen molar-refractivity contribution in [2.45, 2.75) is 38.1 Å². The molecule has 3 amide bonds. The number of carbonyl (C=O) groups is 3. The molecule has 2 aromatic rings. The zero-order chi connectivity index (χ0) is 19.1. The molecule has 1 heterocycles. The van der Waals surface area contributed by atoms with Gasteiger partial charge in [0.25, 0.3) is 5.91 Å². The lowest BCUT2D eigenvalue weighted by atomic mass is 9.96. The monoisotopic (exact) mass is 370 g/mol. The number of nitrogens with zero attached hydrogens (tertiary/aromatic N) is 2. The van der Waals surface area contributed by atoms with Crippen LogP contribution in [-0.4, -0.2) is 40.1 Å². The van der Waals surface area contributed by atoms with Crippen molar-refractivity contribution in [1.82, 2.24) is 20.2 Å². The summed E-state index contributed by atoms with van der Waals surface area (Å²) in [5, 5.41) is 4.96. The van der Waals surface area contributed by atoms with Crippen LogP contribution in [0.2, 0.25) is 0 Å². The van der Waals surface area contributed by atoms with Gasteiger partial charge in [0.15, 0.2) is 12.3 Å². The van der Waals surface area contributed by atoms with E-state index in [1.54, 1.807) is 4.57 Å². The SMILES string of the molecule is O=C(COC(=O)c1cncn1-c1ccccc1)NC(=O)NC1CCCCC1. The van der Waals surface area contributed by atoms with Gasteiger partial charge in [0.1, 0.15) is 0 Å². The van der Waals surface area contributed by atoms with Crippen molar-refractivity contribution < 1.29 is 19.1 Å². The molecule has 0 bridgehead atoms. The number of aromatic nitrogens is 2. The van der Waals surface area contributed by atoms with Crippen molar-refractivity contribution in [3.05, 3.63) is 48.5 Å². The summed E-state index contributed by atoms with van der Waals surface area (Å²) in [6, 6.07) is 8.71. The lowest BCUT2D eigenvalue weighted by Gasteiger charge is -2.22. The van der Waals surface area contributed by atoms with Crippen molar-refractivity contribution in [2.75, 3.05) is 6.61 Å². The standard InChI is InChI=1S/C19H22N4O4/c24-17(22-19(26)21-14-7-3-1-4-8-14)12-27-18(25)16-11-20-13-23(16)15-9-5-2-6-10-15/h2,5-6,9-11,13-14H,1,3-4,7-8,12H2,(H2,21,22,24,26). The van der Waals surface area contributed by atoms with Crippen LogP contribution in [-0.2, 0) is 9.53 Å². The van der Waals surface area contributed by atoms with Crippen LogP contribution in [0.3, 0.4) is 0 Å². The zero-order valence-corrected chi connectivity index (χ0v) is 14.9. The molecule has 8 nitrogen and oxygen atoms in total. The topological polar surface area (TPSA) is 102 Å². The number of urea groups is 1. The highest BCUT2D eigenvalue weighted by atomic mass is 16.5. The first-order chi connectivity index (χ1) is 13.1. The molecule has 3 rings (SSSR count). The Morgan fingerprint density at radius 3 is 2.59 bits per heavy atom. The van der Waals surface area contributed by atoms with E-state index in [9.17, 15) is 14.4 Å². The molecule has 0 spiro atoms. The number of hydrogen-bond acceptors (Lipinski definition) is 5. The molecule has 0 aliphatic heterocycles. The number of imide groups is 1. The van der Waals surface area contributed by atoms with E-state index in [4.69, 9.17) is 4.74 Å². The Morgan fingerprint density at radius 2 is 1.85 bits per heavy atom. The van der Waals surface area contributed by atoms with Crippen LogP contribution < -0.4 is 10.6 Å². The third kappa shape index (κ3) is 5.16. The fourth-order valence-electron chi connectivity index (χ4n) is 3.08. The Bertz CT molecular complexity index is 797. The number of hydrogen-bond donors (Lipinski definition) is 2. The second kappa shape index (κ2) is 8.98. The molecule has 1 aromatic carbocycles. The Labute approximate surface area is 156 Å². The van der Waals surface area contributed by atoms with Crippen molar-refractivity contribution in [3.8, 4) is 5.69 Å². The van der Waals surface area contributed by atoms with Gasteiger partial charge in [-0.15, -0.1) is 0 Å². The van der Waals surface area contributed by atoms with Gasteiger partial charge in [-0.25, -0.2) is 14.6 Å². The molecule has 1 aliphatic carbocycles. The van der Waals surface area contributed by atoms with E-state index in [-0.39, 0.29) is 11.7 Å². The van der Waals surface area contributed by atoms with Gasteiger partial charge in [-0.3, -0.25) is 14.7 Å². The minimum atomic E-state index is -0.695. The number of benzene rings is 1. The summed E-state index contributed by atoms with van der Waals surface area (Å²) in [5.41, 5.74) is 0.943. The first kappa shape index (κ1) is 18.6. The Morgan fingerprint density at radius 1 is 1.11 bits per heavy atom. The molecular weight excluding hydrogens is 348 g/mol. The van der Waals surface area contributed by atoms with E-state index in [2.05, 4.69) is 15.6 Å². The Kier molecular flexibility index (Phi) is 6.19. The largest absolute Gasteiger partial charge is 0.451 e. The number of rotatable bonds is 5. The molecule has 142 valence electrons. The minimum Gasteiger partial charge on any atom is -0.451 e. The predicted octanol–water partition coefficient (Wildman–Crippen LogP) is 2.19. The summed E-state index contributed by atoms with van der Waals surface area (Å²) in [7, 11) is 0. The van der Waals surface area contributed by atoms with Gasteiger partial charge in [-0.2, -0.15) is 0 Å². The number of amides is 3. The lowest BCUT2D eigenvalue weighted by molar-refractivity contribution is -0.123. The van der Waals surface area contributed by atoms with Crippen LogP contribution in [0.15, 0.2) is 42.9 Å². The predicted molar refractivity (Wildman–Crippen MR) is 97.4 cm³/mol. The summed E-state index contributed by atoms with van der Waals surface area (Å²) in [5.74, 6) is -1.37. The maximum Gasteiger partial charge on any atom is 0.357 e. The van der Waals surface area contributed by atoms with Crippen LogP contribution in [0.4, 0.5) is 4.79 Å². The molecule has 27 heavy (non-hydrogen) atoms. The van der Waals surface area contributed by atoms with Crippen LogP contribution in [0.5, 0.6) is 0 Å². The van der Waals surface area contributed by atoms with E-state index in [1.807, 2.05) is 30.3 Å². The highest BCUT2D eigenvalue weighted by Gasteiger charge is 2.19. The fourth-order valence-corrected chi connectivity index (χ4v) is 3.08. The first-order valence-corrected chi connectivity index (χ1v) is 8.99. The van der Waals surface area contributed by atoms with E-state index >= 15 is 0 Å². The number of ether oxygens (including phenoxy) is 1. The molecule has 0 radical (unpaired) electrons. The Hall–Kier alpha value is -3.16. The first-order valence-electron chi connectivity index (χ1n) is 8.99. The lowest BCUT2D eigenvalue weighted by Crippen LogP contribution is -2.46. The van der Waals surface area contributed by atoms with Crippen molar-refractivity contribution in [1.29, 1.82) is 0 Å². The highest BCUT2D eigenvalue weighted by molar-refractivity contribution is 5.96. The smallest absolute Gasteiger partial charge is 0.357 e. The number of esters is 1. The highest BCUT2D eigenvalue weighted by Crippen LogP contribution is 2.17. The van der Waals surface area contributed by atoms with Crippen LogP contribution in [0.1, 0.15) is 42.6 Å². The van der Waals surface area contributed by atoms with Gasteiger partial charge in [-0.05, 0) is 25.0 Å². The van der Waals surface area contributed by atoms with Crippen molar-refractivity contribution >= 4 is 17.9 Å². The number of para-hydroxylation sites is 1. The van der Waals surface area contributed by atoms with E-state index < -0.39 is 24.5 Å². The Balaban J connectivity index is 1.48. The van der Waals surface area contributed by atoms with E-state index in [0.717, 1.165) is 31.4 Å². The summed E-state index contributed by atoms with van der Waals surface area (Å²) in [4.78, 5) is 39.9. The average molecular weight is 370 g/mol. The van der Waals surface area contributed by atoms with Crippen LogP contribution >= 0.6 is 0 Å². The second-order valence-corrected chi connectivity index (χ2v) is 6.42. The second-order valence-electron chi connectivity index (χ2n) is 6.42. The number of nitrogens with one attached hydrogen (secondary N) is 2. The van der Waals surface area contributed by atoms with Gasteiger partial charge in [0.2, 0.25) is 0 Å². The molecule has 1 saturated carbocycles. The molecule has 0 saturated heterocycles. The maximum atomic E-state index is 12.2. The van der Waals surface area contributed by atoms with Gasteiger partial charge in [-0.1, -0.05) is 37.5 Å². The summed E-state index contributed by atoms with van der Waals surface area (Å²) < 4.78 is 6.57. The molecule has 1 aliphatic rings. The minimum absolute atomic E-state index is 0.0920. The quantitative estimate of drug-likeness (QED) is 0.786. The van der Waals surface area contributed by atoms with Crippen molar-refractivity contribution in [2.24, 2.45) is 0 Å². The van der Waals surface area contributed by atoms with Crippen LogP contribution in [0.25, 0.3) is 5.69 Å². The van der Waals surface area contributed by atoms with Crippen molar-refractivity contribution in [3.63, 3.8) is 0 Å². The maximum absolute atomic E-state index is 12.2. The normalized spacial score (nSPS) is 14.4. The summed E-state index contributed by atoms with van der Waals surface area (Å²) in [6.45, 7) is -0.545. The van der Waals surface area contributed by atoms with Gasteiger partial charge >= 0.3 is 12.0 Å². The van der Waals surface area contributed by atoms with Gasteiger partial charge in [0.05, 0.1) is 12.5 Å². The fraction of sp³-hybridized carbons (Fsp3) is 0.368. The van der Waals surface area contributed by atoms with E-state index in [1.165, 1.54) is 18.9 Å².